The third kappa shape index (κ3) is 1.98. The zero-order chi connectivity index (χ0) is 11.7. The molecule has 3 rings (SSSR count). The fourth-order valence-corrected chi connectivity index (χ4v) is 2.22. The molecule has 3 heterocycles. The quantitative estimate of drug-likeness (QED) is 0.795. The zero-order valence-electron chi connectivity index (χ0n) is 9.91. The summed E-state index contributed by atoms with van der Waals surface area (Å²) in [7, 11) is 1.93. The lowest BCUT2D eigenvalue weighted by Crippen LogP contribution is -2.18. The van der Waals surface area contributed by atoms with Gasteiger partial charge in [-0.25, -0.2) is 4.68 Å². The molecule has 2 aromatic rings. The van der Waals surface area contributed by atoms with Crippen molar-refractivity contribution in [1.29, 1.82) is 0 Å². The van der Waals surface area contributed by atoms with E-state index in [1.807, 2.05) is 34.9 Å². The van der Waals surface area contributed by atoms with Gasteiger partial charge in [0.05, 0.1) is 11.9 Å². The summed E-state index contributed by atoms with van der Waals surface area (Å²) in [5.74, 6) is 0. The summed E-state index contributed by atoms with van der Waals surface area (Å²) < 4.78 is 9.47. The van der Waals surface area contributed by atoms with Crippen LogP contribution >= 0.6 is 0 Å². The van der Waals surface area contributed by atoms with Gasteiger partial charge in [-0.2, -0.15) is 10.2 Å². The van der Waals surface area contributed by atoms with Crippen molar-refractivity contribution in [3.05, 3.63) is 24.7 Å². The van der Waals surface area contributed by atoms with Crippen LogP contribution in [-0.2, 0) is 11.8 Å². The van der Waals surface area contributed by atoms with Gasteiger partial charge in [0.15, 0.2) is 0 Å². The Morgan fingerprint density at radius 2 is 2.29 bits per heavy atom. The maximum atomic E-state index is 5.70. The van der Waals surface area contributed by atoms with Crippen LogP contribution in [0.5, 0.6) is 0 Å². The average molecular weight is 232 g/mol. The normalized spacial score (nSPS) is 20.6. The summed E-state index contributed by atoms with van der Waals surface area (Å²) in [5.41, 5.74) is 2.16. The molecule has 0 amide bonds. The van der Waals surface area contributed by atoms with Gasteiger partial charge in [0.2, 0.25) is 0 Å². The second-order valence-corrected chi connectivity index (χ2v) is 4.37. The molecule has 17 heavy (non-hydrogen) atoms. The monoisotopic (exact) mass is 232 g/mol. The molecule has 0 bridgehead atoms. The van der Waals surface area contributed by atoms with Crippen LogP contribution in [0.25, 0.3) is 11.3 Å². The summed E-state index contributed by atoms with van der Waals surface area (Å²) in [6.07, 6.45) is 9.22. The molecule has 1 fully saturated rings. The molecule has 0 N–H and O–H groups in total. The Balaban J connectivity index is 1.85. The van der Waals surface area contributed by atoms with E-state index in [1.54, 1.807) is 6.20 Å². The number of rotatable bonds is 2. The van der Waals surface area contributed by atoms with Crippen molar-refractivity contribution in [3.8, 4) is 11.3 Å². The van der Waals surface area contributed by atoms with Crippen LogP contribution in [0.3, 0.4) is 0 Å². The first kappa shape index (κ1) is 10.5. The first-order chi connectivity index (χ1) is 8.34. The van der Waals surface area contributed by atoms with Gasteiger partial charge < -0.3 is 4.74 Å². The summed E-state index contributed by atoms with van der Waals surface area (Å²) in [6, 6.07) is 1.99. The molecule has 5 nitrogen and oxygen atoms in total. The molecule has 1 aliphatic heterocycles. The minimum absolute atomic E-state index is 0.103. The number of aromatic nitrogens is 4. The van der Waals surface area contributed by atoms with Crippen LogP contribution in [0.1, 0.15) is 25.5 Å². The van der Waals surface area contributed by atoms with E-state index in [0.29, 0.717) is 0 Å². The molecular weight excluding hydrogens is 216 g/mol. The third-order valence-corrected chi connectivity index (χ3v) is 3.17. The number of ether oxygens (including phenoxy) is 1. The number of hydrogen-bond donors (Lipinski definition) is 0. The largest absolute Gasteiger partial charge is 0.357 e. The summed E-state index contributed by atoms with van der Waals surface area (Å²) in [5, 5.41) is 8.55. The maximum absolute atomic E-state index is 5.70. The predicted molar refractivity (Wildman–Crippen MR) is 63.3 cm³/mol. The van der Waals surface area contributed by atoms with Gasteiger partial charge in [-0.15, -0.1) is 0 Å². The SMILES string of the molecule is Cn1nccc1-c1cnn([C@H]2CCCCO2)c1. The lowest BCUT2D eigenvalue weighted by atomic mass is 10.2. The van der Waals surface area contributed by atoms with E-state index in [-0.39, 0.29) is 6.23 Å². The standard InChI is InChI=1S/C12H16N4O/c1-15-11(5-6-13-15)10-8-14-16(9-10)12-4-2-3-7-17-12/h5-6,8-9,12H,2-4,7H2,1H3/t12-/m1/s1. The van der Waals surface area contributed by atoms with E-state index >= 15 is 0 Å². The maximum Gasteiger partial charge on any atom is 0.150 e. The second kappa shape index (κ2) is 4.33. The highest BCUT2D eigenvalue weighted by Gasteiger charge is 2.17. The Labute approximate surface area is 100 Å². The number of aryl methyl sites for hydroxylation is 1. The van der Waals surface area contributed by atoms with Crippen molar-refractivity contribution in [3.63, 3.8) is 0 Å². The Kier molecular flexibility index (Phi) is 2.68. The fraction of sp³-hybridized carbons (Fsp3) is 0.500. The van der Waals surface area contributed by atoms with Gasteiger partial charge in [0.1, 0.15) is 6.23 Å². The molecule has 1 aliphatic rings. The van der Waals surface area contributed by atoms with Crippen molar-refractivity contribution in [2.24, 2.45) is 7.05 Å². The molecule has 0 aromatic carbocycles. The van der Waals surface area contributed by atoms with E-state index in [2.05, 4.69) is 10.2 Å². The highest BCUT2D eigenvalue weighted by atomic mass is 16.5. The van der Waals surface area contributed by atoms with Crippen molar-refractivity contribution < 1.29 is 4.74 Å². The number of hydrogen-bond acceptors (Lipinski definition) is 3. The molecular formula is C12H16N4O. The predicted octanol–water partition coefficient (Wildman–Crippen LogP) is 1.98. The topological polar surface area (TPSA) is 44.9 Å². The lowest BCUT2D eigenvalue weighted by Gasteiger charge is -2.22. The van der Waals surface area contributed by atoms with Crippen molar-refractivity contribution in [2.75, 3.05) is 6.61 Å². The number of nitrogens with zero attached hydrogens (tertiary/aromatic N) is 4. The van der Waals surface area contributed by atoms with Gasteiger partial charge in [0, 0.05) is 31.6 Å². The summed E-state index contributed by atoms with van der Waals surface area (Å²) in [6.45, 7) is 0.839. The minimum Gasteiger partial charge on any atom is -0.357 e. The fourth-order valence-electron chi connectivity index (χ4n) is 2.22. The highest BCUT2D eigenvalue weighted by molar-refractivity contribution is 5.56. The van der Waals surface area contributed by atoms with Crippen LogP contribution in [0, 0.1) is 0 Å². The van der Waals surface area contributed by atoms with Gasteiger partial charge in [0.25, 0.3) is 0 Å². The first-order valence-electron chi connectivity index (χ1n) is 5.99. The van der Waals surface area contributed by atoms with Gasteiger partial charge in [-0.05, 0) is 25.3 Å². The summed E-state index contributed by atoms with van der Waals surface area (Å²) in [4.78, 5) is 0. The van der Waals surface area contributed by atoms with Gasteiger partial charge >= 0.3 is 0 Å². The third-order valence-electron chi connectivity index (χ3n) is 3.17. The Morgan fingerprint density at radius 3 is 3.00 bits per heavy atom. The molecule has 0 unspecified atom stereocenters. The van der Waals surface area contributed by atoms with E-state index in [9.17, 15) is 0 Å². The van der Waals surface area contributed by atoms with Crippen molar-refractivity contribution in [2.45, 2.75) is 25.5 Å². The Hall–Kier alpha value is -1.62. The minimum atomic E-state index is 0.103. The second-order valence-electron chi connectivity index (χ2n) is 4.37. The van der Waals surface area contributed by atoms with Crippen LogP contribution in [0.15, 0.2) is 24.7 Å². The van der Waals surface area contributed by atoms with Crippen LogP contribution < -0.4 is 0 Å². The average Bonchev–Trinajstić information content (AvgIpc) is 2.98. The molecule has 0 saturated carbocycles. The molecule has 5 heteroatoms. The molecule has 0 aliphatic carbocycles. The molecule has 1 atom stereocenters. The summed E-state index contributed by atoms with van der Waals surface area (Å²) >= 11 is 0. The van der Waals surface area contributed by atoms with E-state index < -0.39 is 0 Å². The smallest absolute Gasteiger partial charge is 0.150 e. The molecule has 0 spiro atoms. The molecule has 0 radical (unpaired) electrons. The van der Waals surface area contributed by atoms with Crippen LogP contribution in [-0.4, -0.2) is 26.2 Å². The lowest BCUT2D eigenvalue weighted by molar-refractivity contribution is -0.0394. The van der Waals surface area contributed by atoms with Gasteiger partial charge in [-0.1, -0.05) is 0 Å². The van der Waals surface area contributed by atoms with Crippen molar-refractivity contribution >= 4 is 0 Å². The Bertz CT molecular complexity index is 496. The molecule has 2 aromatic heterocycles. The van der Waals surface area contributed by atoms with E-state index in [4.69, 9.17) is 4.74 Å². The van der Waals surface area contributed by atoms with Crippen molar-refractivity contribution in [1.82, 2.24) is 19.6 Å². The van der Waals surface area contributed by atoms with Crippen LogP contribution in [0.2, 0.25) is 0 Å². The first-order valence-corrected chi connectivity index (χ1v) is 5.99. The molecule has 90 valence electrons. The van der Waals surface area contributed by atoms with Gasteiger partial charge in [-0.3, -0.25) is 4.68 Å². The Morgan fingerprint density at radius 1 is 1.35 bits per heavy atom. The van der Waals surface area contributed by atoms with Crippen LogP contribution in [0.4, 0.5) is 0 Å². The highest BCUT2D eigenvalue weighted by Crippen LogP contribution is 2.24. The van der Waals surface area contributed by atoms with E-state index in [0.717, 1.165) is 30.7 Å². The zero-order valence-corrected chi connectivity index (χ0v) is 9.91. The molecule has 1 saturated heterocycles. The van der Waals surface area contributed by atoms with E-state index in [1.165, 1.54) is 6.42 Å².